The third-order valence-corrected chi connectivity index (χ3v) is 7.21. The van der Waals surface area contributed by atoms with Crippen molar-refractivity contribution in [1.82, 2.24) is 19.5 Å². The summed E-state index contributed by atoms with van der Waals surface area (Å²) < 4.78 is 68.3. The average molecular weight is 487 g/mol. The second kappa shape index (κ2) is 8.26. The Morgan fingerprint density at radius 1 is 1.12 bits per heavy atom. The fraction of sp³-hybridized carbons (Fsp3) is 0.263. The Balaban J connectivity index is 1.72. The molecule has 0 amide bonds. The molecule has 0 spiro atoms. The zero-order valence-corrected chi connectivity index (χ0v) is 18.0. The van der Waals surface area contributed by atoms with Crippen LogP contribution in [0.15, 0.2) is 41.3 Å². The lowest BCUT2D eigenvalue weighted by molar-refractivity contribution is -0.137. The number of benzene rings is 2. The number of rotatable bonds is 5. The Labute approximate surface area is 186 Å². The van der Waals surface area contributed by atoms with Gasteiger partial charge in [-0.2, -0.15) is 22.5 Å². The SMILES string of the molecule is Nc1nc(Nc2cc(Cl)c(-c3ccc(S(=O)(=O)N4CCCC4)cc3)c(C(F)(F)F)c2)n[nH]1. The van der Waals surface area contributed by atoms with Crippen LogP contribution in [-0.4, -0.2) is 41.0 Å². The lowest BCUT2D eigenvalue weighted by Gasteiger charge is -2.18. The third kappa shape index (κ3) is 4.38. The summed E-state index contributed by atoms with van der Waals surface area (Å²) in [6.07, 6.45) is -3.17. The van der Waals surface area contributed by atoms with Crippen molar-refractivity contribution >= 4 is 39.2 Å². The van der Waals surface area contributed by atoms with Crippen LogP contribution in [0.5, 0.6) is 0 Å². The van der Waals surface area contributed by atoms with Gasteiger partial charge in [0.05, 0.1) is 15.5 Å². The Kier molecular flexibility index (Phi) is 5.77. The summed E-state index contributed by atoms with van der Waals surface area (Å²) in [4.78, 5) is 3.81. The number of nitrogens with one attached hydrogen (secondary N) is 2. The number of nitrogens with two attached hydrogens (primary N) is 1. The maximum absolute atomic E-state index is 13.9. The zero-order chi connectivity index (χ0) is 23.1. The van der Waals surface area contributed by atoms with E-state index in [4.69, 9.17) is 17.3 Å². The average Bonchev–Trinajstić information content (AvgIpc) is 3.39. The van der Waals surface area contributed by atoms with Crippen LogP contribution >= 0.6 is 11.6 Å². The molecule has 1 aliphatic rings. The standard InChI is InChI=1S/C19H18ClF3N6O2S/c20-15-10-12(25-18-26-17(24)27-28-18)9-14(19(21,22)23)16(15)11-3-5-13(6-4-11)32(30,31)29-7-1-2-8-29/h3-6,9-10H,1-2,7-8H2,(H4,24,25,26,27,28). The highest BCUT2D eigenvalue weighted by Crippen LogP contribution is 2.43. The maximum Gasteiger partial charge on any atom is 0.417 e. The second-order valence-corrected chi connectivity index (χ2v) is 9.53. The highest BCUT2D eigenvalue weighted by Gasteiger charge is 2.36. The molecule has 4 N–H and O–H groups in total. The molecule has 0 saturated carbocycles. The molecular formula is C19H18ClF3N6O2S. The van der Waals surface area contributed by atoms with E-state index in [9.17, 15) is 21.6 Å². The maximum atomic E-state index is 13.9. The minimum Gasteiger partial charge on any atom is -0.368 e. The summed E-state index contributed by atoms with van der Waals surface area (Å²) in [7, 11) is -3.68. The molecule has 0 unspecified atom stereocenters. The van der Waals surface area contributed by atoms with Crippen LogP contribution in [0.4, 0.5) is 30.8 Å². The quantitative estimate of drug-likeness (QED) is 0.496. The summed E-state index contributed by atoms with van der Waals surface area (Å²) in [6, 6.07) is 7.41. The van der Waals surface area contributed by atoms with Gasteiger partial charge in [-0.15, -0.1) is 5.10 Å². The number of alkyl halides is 3. The number of aromatic nitrogens is 3. The van der Waals surface area contributed by atoms with Gasteiger partial charge in [-0.25, -0.2) is 13.5 Å². The number of sulfonamides is 1. The highest BCUT2D eigenvalue weighted by atomic mass is 35.5. The molecule has 1 aromatic heterocycles. The number of hydrogen-bond donors (Lipinski definition) is 3. The van der Waals surface area contributed by atoms with E-state index < -0.39 is 21.8 Å². The van der Waals surface area contributed by atoms with Crippen molar-refractivity contribution in [2.45, 2.75) is 23.9 Å². The lowest BCUT2D eigenvalue weighted by Crippen LogP contribution is -2.27. The van der Waals surface area contributed by atoms with Gasteiger partial charge in [-0.1, -0.05) is 23.7 Å². The fourth-order valence-corrected chi connectivity index (χ4v) is 5.37. The van der Waals surface area contributed by atoms with Crippen molar-refractivity contribution in [3.63, 3.8) is 0 Å². The topological polar surface area (TPSA) is 117 Å². The summed E-state index contributed by atoms with van der Waals surface area (Å²) in [5.41, 5.74) is 4.32. The minimum atomic E-state index is -4.73. The molecule has 4 rings (SSSR count). The summed E-state index contributed by atoms with van der Waals surface area (Å²) in [5.74, 6) is -0.0221. The predicted octanol–water partition coefficient (Wildman–Crippen LogP) is 4.25. The third-order valence-electron chi connectivity index (χ3n) is 5.00. The molecule has 0 atom stereocenters. The molecule has 0 bridgehead atoms. The van der Waals surface area contributed by atoms with Crippen LogP contribution in [0, 0.1) is 0 Å². The smallest absolute Gasteiger partial charge is 0.368 e. The first kappa shape index (κ1) is 22.4. The molecule has 1 fully saturated rings. The summed E-state index contributed by atoms with van der Waals surface area (Å²) >= 11 is 6.24. The number of H-pyrrole nitrogens is 1. The Morgan fingerprint density at radius 3 is 2.34 bits per heavy atom. The van der Waals surface area contributed by atoms with E-state index >= 15 is 0 Å². The molecule has 3 aromatic rings. The summed E-state index contributed by atoms with van der Waals surface area (Å²) in [6.45, 7) is 0.859. The molecule has 1 aliphatic heterocycles. The highest BCUT2D eigenvalue weighted by molar-refractivity contribution is 7.89. The van der Waals surface area contributed by atoms with Gasteiger partial charge in [0.25, 0.3) is 0 Å². The minimum absolute atomic E-state index is 0.00441. The Hall–Kier alpha value is -2.83. The van der Waals surface area contributed by atoms with Crippen molar-refractivity contribution < 1.29 is 21.6 Å². The van der Waals surface area contributed by atoms with Crippen molar-refractivity contribution in [3.8, 4) is 11.1 Å². The molecule has 0 radical (unpaired) electrons. The summed E-state index contributed by atoms with van der Waals surface area (Å²) in [5, 5.41) is 8.53. The number of hydrogen-bond acceptors (Lipinski definition) is 6. The number of aromatic amines is 1. The van der Waals surface area contributed by atoms with E-state index in [2.05, 4.69) is 20.5 Å². The van der Waals surface area contributed by atoms with Crippen LogP contribution in [0.2, 0.25) is 5.02 Å². The predicted molar refractivity (Wildman–Crippen MR) is 114 cm³/mol. The largest absolute Gasteiger partial charge is 0.417 e. The van der Waals surface area contributed by atoms with E-state index in [-0.39, 0.29) is 38.6 Å². The van der Waals surface area contributed by atoms with Crippen molar-refractivity contribution in [3.05, 3.63) is 47.0 Å². The molecule has 13 heteroatoms. The first-order valence-electron chi connectivity index (χ1n) is 9.52. The van der Waals surface area contributed by atoms with Crippen molar-refractivity contribution in [2.24, 2.45) is 0 Å². The number of halogens is 4. The van der Waals surface area contributed by atoms with Gasteiger partial charge in [0.2, 0.25) is 21.9 Å². The number of nitrogens with zero attached hydrogens (tertiary/aromatic N) is 3. The van der Waals surface area contributed by atoms with Crippen LogP contribution < -0.4 is 11.1 Å². The lowest BCUT2D eigenvalue weighted by atomic mass is 9.98. The van der Waals surface area contributed by atoms with Gasteiger partial charge in [-0.05, 0) is 42.7 Å². The monoisotopic (exact) mass is 486 g/mol. The van der Waals surface area contributed by atoms with Crippen LogP contribution in [0.25, 0.3) is 11.1 Å². The zero-order valence-electron chi connectivity index (χ0n) is 16.4. The van der Waals surface area contributed by atoms with E-state index in [0.717, 1.165) is 18.9 Å². The van der Waals surface area contributed by atoms with Gasteiger partial charge in [0.15, 0.2) is 0 Å². The first-order chi connectivity index (χ1) is 15.1. The number of anilines is 3. The Morgan fingerprint density at radius 2 is 1.78 bits per heavy atom. The first-order valence-corrected chi connectivity index (χ1v) is 11.3. The van der Waals surface area contributed by atoms with Gasteiger partial charge in [0.1, 0.15) is 0 Å². The van der Waals surface area contributed by atoms with E-state index in [1.54, 1.807) is 0 Å². The molecular weight excluding hydrogens is 469 g/mol. The van der Waals surface area contributed by atoms with Gasteiger partial charge in [0, 0.05) is 24.3 Å². The van der Waals surface area contributed by atoms with Crippen molar-refractivity contribution in [2.75, 3.05) is 24.1 Å². The number of nitrogen functional groups attached to an aromatic ring is 1. The van der Waals surface area contributed by atoms with Gasteiger partial charge >= 0.3 is 6.18 Å². The Bertz CT molecular complexity index is 1240. The van der Waals surface area contributed by atoms with Crippen molar-refractivity contribution in [1.29, 1.82) is 0 Å². The second-order valence-electron chi connectivity index (χ2n) is 7.18. The normalized spacial score (nSPS) is 15.2. The van der Waals surface area contributed by atoms with Gasteiger partial charge < -0.3 is 11.1 Å². The van der Waals surface area contributed by atoms with E-state index in [1.807, 2.05) is 0 Å². The van der Waals surface area contributed by atoms with Gasteiger partial charge in [-0.3, -0.25) is 0 Å². The molecule has 1 saturated heterocycles. The molecule has 32 heavy (non-hydrogen) atoms. The van der Waals surface area contributed by atoms with Crippen LogP contribution in [-0.2, 0) is 16.2 Å². The molecule has 170 valence electrons. The molecule has 2 aromatic carbocycles. The van der Waals surface area contributed by atoms with Crippen LogP contribution in [0.1, 0.15) is 18.4 Å². The van der Waals surface area contributed by atoms with E-state index in [0.29, 0.717) is 13.1 Å². The van der Waals surface area contributed by atoms with E-state index in [1.165, 1.54) is 34.6 Å². The molecule has 0 aliphatic carbocycles. The van der Waals surface area contributed by atoms with Crippen LogP contribution in [0.3, 0.4) is 0 Å². The molecule has 8 nitrogen and oxygen atoms in total. The fourth-order valence-electron chi connectivity index (χ4n) is 3.53. The molecule has 2 heterocycles.